The Balaban J connectivity index is 1.42. The molecule has 15 heteroatoms. The maximum Gasteiger partial charge on any atom is 0.308 e. The van der Waals surface area contributed by atoms with E-state index >= 15 is 0 Å². The molecule has 1 fully saturated rings. The zero-order valence-electron chi connectivity index (χ0n) is 21.5. The highest BCUT2D eigenvalue weighted by atomic mass is 35.5. The molecule has 4 aromatic rings. The van der Waals surface area contributed by atoms with Gasteiger partial charge in [0.15, 0.2) is 0 Å². The third kappa shape index (κ3) is 5.23. The van der Waals surface area contributed by atoms with Gasteiger partial charge in [-0.3, -0.25) is 33.9 Å². The number of anilines is 2. The lowest BCUT2D eigenvalue weighted by molar-refractivity contribution is -0.384. The van der Waals surface area contributed by atoms with E-state index in [0.29, 0.717) is 26.2 Å². The molecule has 3 amide bonds. The monoisotopic (exact) mass is 674 g/mol. The van der Waals surface area contributed by atoms with E-state index in [1.54, 1.807) is 42.5 Å². The second-order valence-electron chi connectivity index (χ2n) is 9.65. The highest BCUT2D eigenvalue weighted by Crippen LogP contribution is 2.55. The first kappa shape index (κ1) is 29.4. The number of non-ortho nitro benzene ring substituents is 1. The van der Waals surface area contributed by atoms with Crippen LogP contribution >= 0.6 is 57.9 Å². The number of hydrogen-bond donors (Lipinski definition) is 1. The standard InChI is InChI=1S/C28H17Cl3N4O6S2/c29-13-4-6-14(7-5-13)32-19(36)12-33-27-24(43-28(33)39)20(17-2-1-3-18(30)22(17)31)21-23(42-27)26(38)34(25(21)37)15-8-10-16(11-9-15)35(40)41/h1-11,20-21,23H,12H2,(H,32,36). The van der Waals surface area contributed by atoms with Crippen LogP contribution in [-0.2, 0) is 20.9 Å². The van der Waals surface area contributed by atoms with E-state index in [-0.39, 0.29) is 28.0 Å². The second kappa shape index (κ2) is 11.4. The maximum absolute atomic E-state index is 14.0. The summed E-state index contributed by atoms with van der Waals surface area (Å²) in [6.07, 6.45) is 0. The van der Waals surface area contributed by atoms with E-state index in [1.807, 2.05) is 0 Å². The number of fused-ring (bicyclic) bond motifs is 2. The van der Waals surface area contributed by atoms with Crippen LogP contribution in [0, 0.1) is 16.0 Å². The molecule has 2 aliphatic heterocycles. The van der Waals surface area contributed by atoms with Crippen LogP contribution < -0.4 is 15.1 Å². The number of benzene rings is 3. The van der Waals surface area contributed by atoms with Crippen molar-refractivity contribution in [3.8, 4) is 0 Å². The number of thioether (sulfide) groups is 1. The Kier molecular flexibility index (Phi) is 7.82. The van der Waals surface area contributed by atoms with Crippen LogP contribution in [0.15, 0.2) is 76.6 Å². The smallest absolute Gasteiger partial charge is 0.308 e. The quantitative estimate of drug-likeness (QED) is 0.146. The number of amides is 3. The number of halogens is 3. The molecule has 1 N–H and O–H groups in total. The van der Waals surface area contributed by atoms with Crippen LogP contribution in [0.25, 0.3) is 0 Å². The molecule has 43 heavy (non-hydrogen) atoms. The summed E-state index contributed by atoms with van der Waals surface area (Å²) >= 11 is 20.8. The van der Waals surface area contributed by atoms with E-state index in [0.717, 1.165) is 28.0 Å². The topological polar surface area (TPSA) is 132 Å². The summed E-state index contributed by atoms with van der Waals surface area (Å²) in [6.45, 7) is -0.345. The van der Waals surface area contributed by atoms with Crippen LogP contribution in [0.4, 0.5) is 17.1 Å². The van der Waals surface area contributed by atoms with E-state index in [2.05, 4.69) is 5.32 Å². The fourth-order valence-electron chi connectivity index (χ4n) is 5.21. The van der Waals surface area contributed by atoms with E-state index < -0.39 is 44.6 Å². The summed E-state index contributed by atoms with van der Waals surface area (Å²) in [5.74, 6) is -3.38. The number of carbonyl (C=O) groups excluding carboxylic acids is 3. The lowest BCUT2D eigenvalue weighted by atomic mass is 9.83. The van der Waals surface area contributed by atoms with Gasteiger partial charge in [0.1, 0.15) is 11.8 Å². The molecule has 3 atom stereocenters. The number of imide groups is 1. The van der Waals surface area contributed by atoms with Gasteiger partial charge in [0.05, 0.1) is 31.6 Å². The third-order valence-electron chi connectivity index (χ3n) is 7.11. The molecular formula is C28H17Cl3N4O6S2. The Labute approximate surface area is 266 Å². The van der Waals surface area contributed by atoms with Crippen LogP contribution in [0.2, 0.25) is 15.1 Å². The number of nitro groups is 1. The molecule has 0 bridgehead atoms. The Morgan fingerprint density at radius 1 is 0.953 bits per heavy atom. The lowest BCUT2D eigenvalue weighted by Gasteiger charge is -2.31. The average Bonchev–Trinajstić information content (AvgIpc) is 3.42. The maximum atomic E-state index is 14.0. The van der Waals surface area contributed by atoms with Gasteiger partial charge < -0.3 is 5.32 Å². The molecule has 3 heterocycles. The SMILES string of the molecule is O=C(Cn1c2c(sc1=O)C(c1cccc(Cl)c1Cl)C1C(=O)N(c3ccc([N+](=O)[O-])cc3)C(=O)C1S2)Nc1ccc(Cl)cc1. The van der Waals surface area contributed by atoms with Gasteiger partial charge >= 0.3 is 4.87 Å². The highest BCUT2D eigenvalue weighted by molar-refractivity contribution is 8.00. The zero-order chi connectivity index (χ0) is 30.6. The summed E-state index contributed by atoms with van der Waals surface area (Å²) < 4.78 is 1.28. The van der Waals surface area contributed by atoms with Crippen molar-refractivity contribution in [3.63, 3.8) is 0 Å². The van der Waals surface area contributed by atoms with Crippen molar-refractivity contribution in [1.82, 2.24) is 4.57 Å². The largest absolute Gasteiger partial charge is 0.325 e. The Morgan fingerprint density at radius 3 is 2.33 bits per heavy atom. The number of aromatic nitrogens is 1. The summed E-state index contributed by atoms with van der Waals surface area (Å²) in [6, 6.07) is 16.5. The zero-order valence-corrected chi connectivity index (χ0v) is 25.4. The van der Waals surface area contributed by atoms with E-state index in [1.165, 1.54) is 28.8 Å². The van der Waals surface area contributed by atoms with Crippen molar-refractivity contribution in [2.24, 2.45) is 5.92 Å². The van der Waals surface area contributed by atoms with Crippen molar-refractivity contribution in [1.29, 1.82) is 0 Å². The van der Waals surface area contributed by atoms with Crippen LogP contribution in [0.5, 0.6) is 0 Å². The third-order valence-corrected chi connectivity index (χ3v) is 10.8. The van der Waals surface area contributed by atoms with Gasteiger partial charge in [-0.25, -0.2) is 4.90 Å². The Hall–Kier alpha value is -3.68. The van der Waals surface area contributed by atoms with Crippen LogP contribution in [0.3, 0.4) is 0 Å². The highest BCUT2D eigenvalue weighted by Gasteiger charge is 2.57. The number of nitro benzene ring substituents is 1. The molecule has 3 unspecified atom stereocenters. The second-order valence-corrected chi connectivity index (χ2v) is 13.0. The number of hydrogen-bond acceptors (Lipinski definition) is 8. The van der Waals surface area contributed by atoms with Gasteiger partial charge in [0.2, 0.25) is 17.7 Å². The van der Waals surface area contributed by atoms with Crippen molar-refractivity contribution in [3.05, 3.63) is 112 Å². The minimum Gasteiger partial charge on any atom is -0.325 e. The minimum absolute atomic E-state index is 0.174. The molecule has 0 spiro atoms. The summed E-state index contributed by atoms with van der Waals surface area (Å²) in [4.78, 5) is 65.7. The molecule has 0 saturated carbocycles. The van der Waals surface area contributed by atoms with Crippen molar-refractivity contribution in [2.75, 3.05) is 10.2 Å². The summed E-state index contributed by atoms with van der Waals surface area (Å²) in [7, 11) is 0. The number of thiazole rings is 1. The molecular weight excluding hydrogens is 659 g/mol. The fourth-order valence-corrected chi connectivity index (χ4v) is 8.52. The summed E-state index contributed by atoms with van der Waals surface area (Å²) in [5, 5.41) is 14.2. The Morgan fingerprint density at radius 2 is 1.65 bits per heavy atom. The van der Waals surface area contributed by atoms with E-state index in [4.69, 9.17) is 34.8 Å². The van der Waals surface area contributed by atoms with Crippen molar-refractivity contribution in [2.45, 2.75) is 22.7 Å². The van der Waals surface area contributed by atoms with E-state index in [9.17, 15) is 29.3 Å². The number of nitrogens with zero attached hydrogens (tertiary/aromatic N) is 3. The molecule has 6 rings (SSSR count). The normalized spacial score (nSPS) is 19.2. The Bertz CT molecular complexity index is 1880. The van der Waals surface area contributed by atoms with Crippen molar-refractivity contribution < 1.29 is 19.3 Å². The molecule has 2 aliphatic rings. The number of carbonyl (C=O) groups is 3. The minimum atomic E-state index is -0.977. The first-order valence-corrected chi connectivity index (χ1v) is 15.4. The number of nitrogens with one attached hydrogen (secondary N) is 1. The molecule has 0 radical (unpaired) electrons. The molecule has 3 aromatic carbocycles. The molecule has 10 nitrogen and oxygen atoms in total. The first-order chi connectivity index (χ1) is 20.5. The van der Waals surface area contributed by atoms with Gasteiger partial charge in [0, 0.05) is 33.6 Å². The molecule has 1 saturated heterocycles. The fraction of sp³-hybridized carbons (Fsp3) is 0.143. The number of rotatable bonds is 6. The lowest BCUT2D eigenvalue weighted by Crippen LogP contribution is -2.33. The van der Waals surface area contributed by atoms with Gasteiger partial charge in [-0.1, -0.05) is 70.0 Å². The molecule has 1 aromatic heterocycles. The van der Waals surface area contributed by atoms with Crippen LogP contribution in [-0.4, -0.2) is 32.5 Å². The molecule has 218 valence electrons. The molecule has 0 aliphatic carbocycles. The average molecular weight is 676 g/mol. The van der Waals surface area contributed by atoms with Gasteiger partial charge in [-0.05, 0) is 48.0 Å². The van der Waals surface area contributed by atoms with Crippen molar-refractivity contribution >= 4 is 92.7 Å². The van der Waals surface area contributed by atoms with Gasteiger partial charge in [0.25, 0.3) is 5.69 Å². The predicted molar refractivity (Wildman–Crippen MR) is 166 cm³/mol. The first-order valence-electron chi connectivity index (χ1n) is 12.6. The van der Waals surface area contributed by atoms with Gasteiger partial charge in [-0.2, -0.15) is 0 Å². The summed E-state index contributed by atoms with van der Waals surface area (Å²) in [5.41, 5.74) is 0.922. The predicted octanol–water partition coefficient (Wildman–Crippen LogP) is 6.21. The van der Waals surface area contributed by atoms with Crippen LogP contribution in [0.1, 0.15) is 16.4 Å². The van der Waals surface area contributed by atoms with Gasteiger partial charge in [-0.15, -0.1) is 0 Å².